The van der Waals surface area contributed by atoms with Crippen molar-refractivity contribution < 1.29 is 58.2 Å². The van der Waals surface area contributed by atoms with E-state index in [-0.39, 0.29) is 75.2 Å². The van der Waals surface area contributed by atoms with Crippen molar-refractivity contribution in [2.24, 2.45) is 40.5 Å². The van der Waals surface area contributed by atoms with Crippen LogP contribution in [0.15, 0.2) is 52.5 Å². The van der Waals surface area contributed by atoms with Crippen LogP contribution in [0.5, 0.6) is 11.5 Å². The number of nitrogens with zero attached hydrogens (tertiary/aromatic N) is 3. The lowest BCUT2D eigenvalue weighted by Gasteiger charge is -2.38. The zero-order valence-electron chi connectivity index (χ0n) is 45.7. The van der Waals surface area contributed by atoms with Crippen molar-refractivity contribution in [3.05, 3.63) is 69.8 Å². The molecule has 0 unspecified atom stereocenters. The topological polar surface area (TPSA) is 226 Å². The number of likely N-dealkylation sites (tertiary alicyclic amines) is 2. The Bertz CT molecular complexity index is 2540. The number of benzene rings is 1. The summed E-state index contributed by atoms with van der Waals surface area (Å²) < 4.78 is 25.1. The zero-order valence-corrected chi connectivity index (χ0v) is 45.7. The summed E-state index contributed by atoms with van der Waals surface area (Å²) in [6.45, 7) is 21.6. The van der Waals surface area contributed by atoms with Crippen molar-refractivity contribution >= 4 is 35.1 Å². The van der Waals surface area contributed by atoms with Gasteiger partial charge in [-0.1, -0.05) is 66.7 Å². The van der Waals surface area contributed by atoms with Crippen LogP contribution in [0.25, 0.3) is 0 Å². The number of ketones is 2. The van der Waals surface area contributed by atoms with Gasteiger partial charge in [-0.2, -0.15) is 0 Å². The Morgan fingerprint density at radius 2 is 1.55 bits per heavy atom. The van der Waals surface area contributed by atoms with E-state index in [0.29, 0.717) is 57.8 Å². The Labute approximate surface area is 442 Å². The molecule has 5 bridgehead atoms. The minimum absolute atomic E-state index is 0.0212. The van der Waals surface area contributed by atoms with Crippen LogP contribution in [0.1, 0.15) is 158 Å². The highest BCUT2D eigenvalue weighted by Crippen LogP contribution is 2.50. The molecule has 410 valence electrons. The number of aliphatic hydroxyl groups excluding tert-OH is 2. The minimum Gasteiger partial charge on any atom is -0.507 e. The number of nitrogens with one attached hydrogen (secondary N) is 2. The van der Waals surface area contributed by atoms with Gasteiger partial charge in [0.15, 0.2) is 0 Å². The number of Topliss-reactive ketones (excluding diaryl/α,β-unsaturated/α-hetero) is 2. The van der Waals surface area contributed by atoms with Crippen LogP contribution in [-0.2, 0) is 28.6 Å². The molecule has 8 atom stereocenters. The number of carbonyl (C=O) groups is 5. The number of piperidine rings is 2. The highest BCUT2D eigenvalue weighted by molar-refractivity contribution is 6.34. The fraction of sp³-hybridized carbons (Fsp3) is 0.655. The van der Waals surface area contributed by atoms with E-state index in [1.54, 1.807) is 63.8 Å². The number of hydrogen-bond donors (Lipinski definition) is 5. The number of aromatic hydroxyl groups is 1. The summed E-state index contributed by atoms with van der Waals surface area (Å²) in [5, 5.41) is 41.8. The molecule has 3 fully saturated rings. The summed E-state index contributed by atoms with van der Waals surface area (Å²) in [6.07, 6.45) is 11.7. The van der Waals surface area contributed by atoms with Gasteiger partial charge in [-0.3, -0.25) is 29.0 Å². The molecule has 1 aromatic carbocycles. The average molecular weight is 1040 g/mol. The predicted octanol–water partition coefficient (Wildman–Crippen LogP) is 6.95. The van der Waals surface area contributed by atoms with Crippen LogP contribution in [0, 0.1) is 42.4 Å². The number of rotatable bonds is 7. The second-order valence-electron chi connectivity index (χ2n) is 23.4. The average Bonchev–Trinajstić information content (AvgIpc) is 3.88. The van der Waals surface area contributed by atoms with Crippen LogP contribution in [0.3, 0.4) is 0 Å². The van der Waals surface area contributed by atoms with Crippen LogP contribution in [-0.4, -0.2) is 135 Å². The van der Waals surface area contributed by atoms with Gasteiger partial charge in [0, 0.05) is 86.9 Å². The maximum absolute atomic E-state index is 14.9. The fourth-order valence-corrected chi connectivity index (χ4v) is 12.1. The Balaban J connectivity index is 1.07. The second-order valence-corrected chi connectivity index (χ2v) is 23.4. The lowest BCUT2D eigenvalue weighted by atomic mass is 9.79. The third-order valence-electron chi connectivity index (χ3n) is 17.0. The van der Waals surface area contributed by atoms with Gasteiger partial charge in [-0.15, -0.1) is 0 Å². The van der Waals surface area contributed by atoms with Gasteiger partial charge in [-0.05, 0) is 82.6 Å². The van der Waals surface area contributed by atoms with E-state index in [1.165, 1.54) is 13.2 Å². The Morgan fingerprint density at radius 1 is 0.880 bits per heavy atom. The Morgan fingerprint density at radius 3 is 2.21 bits per heavy atom. The largest absolute Gasteiger partial charge is 0.507 e. The third-order valence-corrected chi connectivity index (χ3v) is 17.0. The Kier molecular flexibility index (Phi) is 16.9. The van der Waals surface area contributed by atoms with E-state index in [2.05, 4.69) is 36.3 Å². The number of carbonyl (C=O) groups excluding carboxylic acids is 5. The molecule has 75 heavy (non-hydrogen) atoms. The number of hydrogen-bond acceptors (Lipinski definition) is 15. The van der Waals surface area contributed by atoms with Crippen molar-refractivity contribution in [3.8, 4) is 11.5 Å². The fourth-order valence-electron chi connectivity index (χ4n) is 12.1. The number of phenolic OH excluding ortho intramolecular Hbond substituents is 1. The molecular weight excluding hydrogens is 959 g/mol. The summed E-state index contributed by atoms with van der Waals surface area (Å²) >= 11 is 0. The number of fused-ring (bicyclic) bond motifs is 13. The maximum atomic E-state index is 14.9. The van der Waals surface area contributed by atoms with Crippen LogP contribution < -0.4 is 15.4 Å². The first-order chi connectivity index (χ1) is 35.5. The molecule has 2 amide bonds. The van der Waals surface area contributed by atoms with Crippen molar-refractivity contribution in [1.82, 2.24) is 20.4 Å². The van der Waals surface area contributed by atoms with E-state index in [1.807, 2.05) is 6.92 Å². The van der Waals surface area contributed by atoms with E-state index in [4.69, 9.17) is 23.9 Å². The van der Waals surface area contributed by atoms with Gasteiger partial charge in [0.2, 0.25) is 11.7 Å². The number of amides is 2. The first kappa shape index (κ1) is 55.9. The van der Waals surface area contributed by atoms with Gasteiger partial charge in [0.1, 0.15) is 35.4 Å². The molecular formula is C58H81N5O12. The third kappa shape index (κ3) is 11.7. The highest BCUT2D eigenvalue weighted by Gasteiger charge is 2.54. The molecule has 6 heterocycles. The summed E-state index contributed by atoms with van der Waals surface area (Å²) in [5.41, 5.74) is -0.207. The minimum atomic E-state index is -1.96. The van der Waals surface area contributed by atoms with E-state index < -0.39 is 89.0 Å². The molecule has 0 aromatic heterocycles. The lowest BCUT2D eigenvalue weighted by molar-refractivity contribution is -0.163. The van der Waals surface area contributed by atoms with Gasteiger partial charge in [0.05, 0.1) is 53.2 Å². The molecule has 2 saturated heterocycles. The molecule has 6 aliphatic heterocycles. The molecule has 1 spiro atoms. The first-order valence-corrected chi connectivity index (χ1v) is 27.5. The van der Waals surface area contributed by atoms with Gasteiger partial charge < -0.3 is 54.7 Å². The van der Waals surface area contributed by atoms with E-state index in [0.717, 1.165) is 38.1 Å². The number of phenols is 1. The van der Waals surface area contributed by atoms with Crippen molar-refractivity contribution in [2.75, 3.05) is 32.7 Å². The van der Waals surface area contributed by atoms with Gasteiger partial charge in [0.25, 0.3) is 11.7 Å². The molecule has 1 aromatic rings. The SMILES string of the molecule is C/C1=C/C=C/[C@H](C)[C@H](O)[C@@H](C)[C@@H](O)[C@@H](C)[C@H](OC(=O)CC(=O)N2CCC(OC3CCC(C)CC3)CC2)[C@H](C)C/C=C/O[C@@]2(C)Oc3c(C)c(O)c4c(c3C2=O)C2=NC3(CCN(CC(C)C)CC3)NC2=C(NC1=O)C4=O. The summed E-state index contributed by atoms with van der Waals surface area (Å²) in [4.78, 5) is 80.4. The van der Waals surface area contributed by atoms with E-state index in [9.17, 15) is 39.3 Å². The number of aliphatic hydroxyl groups is 2. The number of aliphatic imine (C=N–C) groups is 1. The first-order valence-electron chi connectivity index (χ1n) is 27.5. The number of esters is 1. The summed E-state index contributed by atoms with van der Waals surface area (Å²) in [5.74, 6) is -6.62. The van der Waals surface area contributed by atoms with Gasteiger partial charge in [-0.25, -0.2) is 0 Å². The normalized spacial score (nSPS) is 33.4. The van der Waals surface area contributed by atoms with Crippen LogP contribution >= 0.6 is 0 Å². The van der Waals surface area contributed by atoms with Gasteiger partial charge >= 0.3 is 11.8 Å². The number of ether oxygens (including phenoxy) is 4. The molecule has 5 N–H and O–H groups in total. The molecule has 2 aliphatic carbocycles. The molecule has 0 radical (unpaired) electrons. The zero-order chi connectivity index (χ0) is 54.3. The molecule has 17 nitrogen and oxygen atoms in total. The van der Waals surface area contributed by atoms with E-state index >= 15 is 0 Å². The van der Waals surface area contributed by atoms with Crippen molar-refractivity contribution in [1.29, 1.82) is 0 Å². The monoisotopic (exact) mass is 1040 g/mol. The molecule has 8 aliphatic rings. The summed E-state index contributed by atoms with van der Waals surface area (Å²) in [6, 6.07) is 0. The van der Waals surface area contributed by atoms with Crippen LogP contribution in [0.4, 0.5) is 0 Å². The highest BCUT2D eigenvalue weighted by atomic mass is 16.7. The standard InChI is InChI=1S/C58H81N5O12/c1-31(2)30-62-26-22-58(23-27-62)60-46-43-44-51(68)38(9)54-45(43)55(70)57(10,75-54)72-28-12-15-34(5)53(74-42(65)29-41(64)63-24-20-40(21-25-63)73-39-18-16-32(3)17-19-39)37(8)50(67)36(7)49(66)33(4)13-11-14-35(6)56(71)59-48(52(44)69)47(46)61-58/h11-14,28,31-34,36-37,39-40,49-50,53,61,66-68H,15-27,29-30H2,1-10H3,(H,59,71)/b13-11+,28-12+,35-14-/t32?,33-,34+,36+,37+,39?,49-,50+,53+,57-/m0/s1. The van der Waals surface area contributed by atoms with Crippen LogP contribution in [0.2, 0.25) is 0 Å². The smallest absolute Gasteiger partial charge is 0.315 e. The van der Waals surface area contributed by atoms with Crippen molar-refractivity contribution in [2.45, 2.75) is 175 Å². The second kappa shape index (κ2) is 22.7. The number of allylic oxidation sites excluding steroid dienone is 5. The maximum Gasteiger partial charge on any atom is 0.315 e. The molecule has 1 saturated carbocycles. The quantitative estimate of drug-likeness (QED) is 0.138. The predicted molar refractivity (Wildman–Crippen MR) is 282 cm³/mol. The Hall–Kier alpha value is -5.36. The molecule has 9 rings (SSSR count). The molecule has 17 heteroatoms. The lowest BCUT2D eigenvalue weighted by Crippen LogP contribution is -2.50. The summed E-state index contributed by atoms with van der Waals surface area (Å²) in [7, 11) is 0. The van der Waals surface area contributed by atoms with Crippen molar-refractivity contribution in [3.63, 3.8) is 0 Å².